The molecule has 0 aromatic heterocycles. The molecule has 0 aliphatic carbocycles. The number of hydrogen-bond donors (Lipinski definition) is 0. The van der Waals surface area contributed by atoms with E-state index >= 15 is 0 Å². The zero-order chi connectivity index (χ0) is 14.7. The van der Waals surface area contributed by atoms with Crippen LogP contribution in [0.2, 0.25) is 10.0 Å². The van der Waals surface area contributed by atoms with Crippen LogP contribution in [0.5, 0.6) is 11.5 Å². The molecule has 2 nitrogen and oxygen atoms in total. The van der Waals surface area contributed by atoms with Gasteiger partial charge in [0.05, 0.1) is 19.0 Å². The zero-order valence-electron chi connectivity index (χ0n) is 11.0. The number of hydrogen-bond acceptors (Lipinski definition) is 2. The summed E-state index contributed by atoms with van der Waals surface area (Å²) in [6.45, 7) is 0. The summed E-state index contributed by atoms with van der Waals surface area (Å²) in [5, 5.41) is 1.31. The number of alkyl halides is 1. The second-order valence-electron chi connectivity index (χ2n) is 4.14. The van der Waals surface area contributed by atoms with E-state index in [1.165, 1.54) is 0 Å². The molecule has 5 heteroatoms. The summed E-state index contributed by atoms with van der Waals surface area (Å²) in [6, 6.07) is 11.2. The molecule has 0 aliphatic rings. The van der Waals surface area contributed by atoms with E-state index in [0.29, 0.717) is 21.5 Å². The van der Waals surface area contributed by atoms with Gasteiger partial charge in [-0.05, 0) is 29.3 Å². The van der Waals surface area contributed by atoms with Crippen LogP contribution in [0.15, 0.2) is 36.4 Å². The van der Waals surface area contributed by atoms with Gasteiger partial charge in [-0.15, -0.1) is 0 Å². The maximum Gasteiger partial charge on any atom is 0.162 e. The Kier molecular flexibility index (Phi) is 5.19. The average molecular weight is 376 g/mol. The van der Waals surface area contributed by atoms with Crippen LogP contribution in [0.25, 0.3) is 0 Å². The zero-order valence-corrected chi connectivity index (χ0v) is 14.1. The first-order valence-electron chi connectivity index (χ1n) is 5.87. The third kappa shape index (κ3) is 3.22. The minimum atomic E-state index is -0.0490. The van der Waals surface area contributed by atoms with E-state index in [0.717, 1.165) is 11.1 Å². The Morgan fingerprint density at radius 2 is 1.50 bits per heavy atom. The first-order valence-corrected chi connectivity index (χ1v) is 7.55. The molecule has 0 saturated heterocycles. The maximum absolute atomic E-state index is 6.32. The van der Waals surface area contributed by atoms with Crippen molar-refractivity contribution in [1.29, 1.82) is 0 Å². The highest BCUT2D eigenvalue weighted by Gasteiger charge is 2.17. The van der Waals surface area contributed by atoms with Crippen molar-refractivity contribution in [2.45, 2.75) is 4.83 Å². The fourth-order valence-corrected chi connectivity index (χ4v) is 3.08. The predicted molar refractivity (Wildman–Crippen MR) is 86.8 cm³/mol. The standard InChI is InChI=1S/C15H13BrCl2O2/c1-19-13-7-11(12(18)8-14(13)20-2)15(16)9-3-5-10(17)6-4-9/h3-8,15H,1-2H3. The molecule has 2 aromatic carbocycles. The molecule has 0 aliphatic heterocycles. The fourth-order valence-electron chi connectivity index (χ4n) is 1.88. The third-order valence-electron chi connectivity index (χ3n) is 2.94. The molecule has 0 fully saturated rings. The molecule has 2 aromatic rings. The van der Waals surface area contributed by atoms with Gasteiger partial charge in [-0.25, -0.2) is 0 Å². The SMILES string of the molecule is COc1cc(Cl)c(C(Br)c2ccc(Cl)cc2)cc1OC. The van der Waals surface area contributed by atoms with Gasteiger partial charge in [0.25, 0.3) is 0 Å². The van der Waals surface area contributed by atoms with Crippen LogP contribution < -0.4 is 9.47 Å². The highest BCUT2D eigenvalue weighted by Crippen LogP contribution is 2.41. The minimum Gasteiger partial charge on any atom is -0.493 e. The van der Waals surface area contributed by atoms with Gasteiger partial charge in [-0.2, -0.15) is 0 Å². The van der Waals surface area contributed by atoms with Crippen LogP contribution in [0, 0.1) is 0 Å². The number of methoxy groups -OCH3 is 2. The third-order valence-corrected chi connectivity index (χ3v) is 4.54. The second kappa shape index (κ2) is 6.70. The molecular weight excluding hydrogens is 363 g/mol. The Labute approximate surface area is 136 Å². The minimum absolute atomic E-state index is 0.0490. The van der Waals surface area contributed by atoms with E-state index in [4.69, 9.17) is 32.7 Å². The average Bonchev–Trinajstić information content (AvgIpc) is 2.47. The summed E-state index contributed by atoms with van der Waals surface area (Å²) >= 11 is 15.9. The van der Waals surface area contributed by atoms with Crippen LogP contribution in [0.4, 0.5) is 0 Å². The van der Waals surface area contributed by atoms with E-state index < -0.39 is 0 Å². The number of rotatable bonds is 4. The van der Waals surface area contributed by atoms with Gasteiger partial charge in [0.2, 0.25) is 0 Å². The Morgan fingerprint density at radius 3 is 2.05 bits per heavy atom. The largest absolute Gasteiger partial charge is 0.493 e. The van der Waals surface area contributed by atoms with Crippen LogP contribution in [-0.2, 0) is 0 Å². The molecule has 0 N–H and O–H groups in total. The molecule has 0 amide bonds. The Hall–Kier alpha value is -0.900. The number of halogens is 3. The smallest absolute Gasteiger partial charge is 0.162 e. The molecule has 0 radical (unpaired) electrons. The summed E-state index contributed by atoms with van der Waals surface area (Å²) in [5.41, 5.74) is 1.97. The second-order valence-corrected chi connectivity index (χ2v) is 5.90. The quantitative estimate of drug-likeness (QED) is 0.657. The monoisotopic (exact) mass is 374 g/mol. The van der Waals surface area contributed by atoms with Gasteiger partial charge in [-0.1, -0.05) is 51.3 Å². The summed E-state index contributed by atoms with van der Waals surface area (Å²) in [7, 11) is 3.18. The first kappa shape index (κ1) is 15.5. The van der Waals surface area contributed by atoms with Crippen LogP contribution in [0.1, 0.15) is 16.0 Å². The molecule has 0 heterocycles. The van der Waals surface area contributed by atoms with E-state index in [2.05, 4.69) is 15.9 Å². The van der Waals surface area contributed by atoms with Gasteiger partial charge in [0, 0.05) is 16.1 Å². The maximum atomic E-state index is 6.32. The Morgan fingerprint density at radius 1 is 0.950 bits per heavy atom. The number of benzene rings is 2. The lowest BCUT2D eigenvalue weighted by Crippen LogP contribution is -1.97. The van der Waals surface area contributed by atoms with Crippen LogP contribution in [-0.4, -0.2) is 14.2 Å². The highest BCUT2D eigenvalue weighted by atomic mass is 79.9. The van der Waals surface area contributed by atoms with E-state index in [1.807, 2.05) is 30.3 Å². The Balaban J connectivity index is 2.43. The molecule has 2 rings (SSSR count). The van der Waals surface area contributed by atoms with Gasteiger partial charge >= 0.3 is 0 Å². The van der Waals surface area contributed by atoms with Crippen molar-refractivity contribution in [2.75, 3.05) is 14.2 Å². The normalized spacial score (nSPS) is 12.1. The molecule has 0 bridgehead atoms. The molecule has 20 heavy (non-hydrogen) atoms. The number of ether oxygens (including phenoxy) is 2. The van der Waals surface area contributed by atoms with Crippen LogP contribution in [0.3, 0.4) is 0 Å². The summed E-state index contributed by atoms with van der Waals surface area (Å²) < 4.78 is 10.5. The van der Waals surface area contributed by atoms with Crippen LogP contribution >= 0.6 is 39.1 Å². The van der Waals surface area contributed by atoms with Gasteiger partial charge in [0.15, 0.2) is 11.5 Å². The molecule has 1 atom stereocenters. The van der Waals surface area contributed by atoms with Crippen molar-refractivity contribution in [3.8, 4) is 11.5 Å². The molecule has 106 valence electrons. The summed E-state index contributed by atoms with van der Waals surface area (Å²) in [4.78, 5) is -0.0490. The van der Waals surface area contributed by atoms with Gasteiger partial charge in [0.1, 0.15) is 0 Å². The fraction of sp³-hybridized carbons (Fsp3) is 0.200. The highest BCUT2D eigenvalue weighted by molar-refractivity contribution is 9.09. The van der Waals surface area contributed by atoms with E-state index in [9.17, 15) is 0 Å². The molecule has 1 unspecified atom stereocenters. The molecule has 0 spiro atoms. The van der Waals surface area contributed by atoms with Crippen molar-refractivity contribution < 1.29 is 9.47 Å². The molecule has 0 saturated carbocycles. The lowest BCUT2D eigenvalue weighted by Gasteiger charge is -2.16. The van der Waals surface area contributed by atoms with Crippen molar-refractivity contribution >= 4 is 39.1 Å². The topological polar surface area (TPSA) is 18.5 Å². The van der Waals surface area contributed by atoms with Crippen molar-refractivity contribution in [3.63, 3.8) is 0 Å². The lowest BCUT2D eigenvalue weighted by molar-refractivity contribution is 0.354. The summed E-state index contributed by atoms with van der Waals surface area (Å²) in [5.74, 6) is 1.25. The van der Waals surface area contributed by atoms with E-state index in [1.54, 1.807) is 20.3 Å². The molecular formula is C15H13BrCl2O2. The van der Waals surface area contributed by atoms with Crippen molar-refractivity contribution in [2.24, 2.45) is 0 Å². The Bertz CT molecular complexity index is 600. The van der Waals surface area contributed by atoms with E-state index in [-0.39, 0.29) is 4.83 Å². The van der Waals surface area contributed by atoms with Crippen molar-refractivity contribution in [1.82, 2.24) is 0 Å². The lowest BCUT2D eigenvalue weighted by atomic mass is 10.0. The van der Waals surface area contributed by atoms with Crippen molar-refractivity contribution in [3.05, 3.63) is 57.6 Å². The van der Waals surface area contributed by atoms with Gasteiger partial charge < -0.3 is 9.47 Å². The van der Waals surface area contributed by atoms with Gasteiger partial charge in [-0.3, -0.25) is 0 Å². The predicted octanol–water partition coefficient (Wildman–Crippen LogP) is 5.49. The summed E-state index contributed by atoms with van der Waals surface area (Å²) in [6.07, 6.45) is 0. The first-order chi connectivity index (χ1) is 9.56.